The number of rotatable bonds is 71. The van der Waals surface area contributed by atoms with Gasteiger partial charge in [-0.2, -0.15) is 0 Å². The van der Waals surface area contributed by atoms with E-state index in [1.807, 2.05) is 27.2 Å². The summed E-state index contributed by atoms with van der Waals surface area (Å²) in [4.78, 5) is 25.7. The second-order valence-corrected chi connectivity index (χ2v) is 28.8. The second kappa shape index (κ2) is 67.1. The molecular weight excluding hydrogens is 1070 g/mol. The standard InChI is InChI=1S/C76H149N2O6P/c1-6-8-10-12-14-16-18-20-22-24-26-28-30-32-33-34-35-36-37-38-39-40-41-42-43-44-45-46-48-50-52-54-56-58-60-62-64-66-68-70-76(80)77-74(73-84-85(81,82)83-72-71-78(3,4)5)75(79)69-67-65-63-61-59-57-55-53-51-49-47-31-29-27-25-23-21-19-17-15-13-11-9-7-2/h35-36,38-39,67,69,74-75,79H,6-34,37,40-66,68,70-73H2,1-5H3,(H-,77,80,81,82)/b36-35-,39-38-,69-67+. The van der Waals surface area contributed by atoms with Gasteiger partial charge in [0.25, 0.3) is 7.82 Å². The average Bonchev–Trinajstić information content (AvgIpc) is 3.49. The number of aliphatic hydroxyl groups is 1. The number of nitrogens with zero attached hydrogens (tertiary/aromatic N) is 1. The first-order valence-corrected chi connectivity index (χ1v) is 39.3. The highest BCUT2D eigenvalue weighted by atomic mass is 31.2. The molecule has 2 N–H and O–H groups in total. The number of hydrogen-bond acceptors (Lipinski definition) is 6. The number of phosphoric acid groups is 1. The third-order valence-electron chi connectivity index (χ3n) is 17.6. The highest BCUT2D eigenvalue weighted by molar-refractivity contribution is 7.45. The van der Waals surface area contributed by atoms with Crippen molar-refractivity contribution < 1.29 is 32.9 Å². The summed E-state index contributed by atoms with van der Waals surface area (Å²) in [6.07, 6.45) is 90.1. The molecule has 0 aromatic rings. The van der Waals surface area contributed by atoms with Crippen LogP contribution >= 0.6 is 7.82 Å². The third-order valence-corrected chi connectivity index (χ3v) is 18.6. The van der Waals surface area contributed by atoms with Crippen molar-refractivity contribution in [3.05, 3.63) is 36.5 Å². The number of carbonyl (C=O) groups is 1. The van der Waals surface area contributed by atoms with Crippen molar-refractivity contribution in [1.82, 2.24) is 5.32 Å². The summed E-state index contributed by atoms with van der Waals surface area (Å²) in [5.74, 6) is -0.190. The van der Waals surface area contributed by atoms with E-state index in [0.717, 1.165) is 44.9 Å². The van der Waals surface area contributed by atoms with Crippen LogP contribution in [0.15, 0.2) is 36.5 Å². The number of quaternary nitrogens is 1. The Morgan fingerprint density at radius 1 is 0.412 bits per heavy atom. The maximum Gasteiger partial charge on any atom is 0.268 e. The van der Waals surface area contributed by atoms with Gasteiger partial charge in [0.15, 0.2) is 0 Å². The monoisotopic (exact) mass is 1220 g/mol. The van der Waals surface area contributed by atoms with Crippen molar-refractivity contribution in [3.8, 4) is 0 Å². The summed E-state index contributed by atoms with van der Waals surface area (Å²) in [5.41, 5.74) is 0. The SMILES string of the molecule is CCCCCCCCCCCCCCCCC/C=C\C/C=C\CCCCCCCCCCCCCCCCCCCC(=O)NC(COP(=O)([O-])OCC[N+](C)(C)C)C(O)/C=C/CCCCCCCCCCCCCCCCCCCCCCCC. The number of hydrogen-bond donors (Lipinski definition) is 2. The van der Waals surface area contributed by atoms with E-state index in [4.69, 9.17) is 9.05 Å². The van der Waals surface area contributed by atoms with Gasteiger partial charge in [-0.25, -0.2) is 0 Å². The highest BCUT2D eigenvalue weighted by Crippen LogP contribution is 2.38. The maximum atomic E-state index is 13.1. The third kappa shape index (κ3) is 70.0. The Morgan fingerprint density at radius 3 is 0.976 bits per heavy atom. The molecule has 0 aliphatic heterocycles. The molecule has 1 amide bonds. The Morgan fingerprint density at radius 2 is 0.682 bits per heavy atom. The molecule has 3 unspecified atom stereocenters. The minimum absolute atomic E-state index is 0.000822. The number of allylic oxidation sites excluding steroid dienone is 5. The molecule has 8 nitrogen and oxygen atoms in total. The lowest BCUT2D eigenvalue weighted by Gasteiger charge is -2.29. The largest absolute Gasteiger partial charge is 0.756 e. The van der Waals surface area contributed by atoms with Crippen LogP contribution in [0.4, 0.5) is 0 Å². The van der Waals surface area contributed by atoms with Crippen molar-refractivity contribution in [2.75, 3.05) is 40.9 Å². The number of carbonyl (C=O) groups excluding carboxylic acids is 1. The summed E-state index contributed by atoms with van der Waals surface area (Å²) >= 11 is 0. The van der Waals surface area contributed by atoms with Crippen molar-refractivity contribution in [3.63, 3.8) is 0 Å². The van der Waals surface area contributed by atoms with Crippen LogP contribution in [0.2, 0.25) is 0 Å². The predicted octanol–water partition coefficient (Wildman–Crippen LogP) is 23.8. The Hall–Kier alpha value is -1.28. The topological polar surface area (TPSA) is 108 Å². The second-order valence-electron chi connectivity index (χ2n) is 27.4. The molecule has 0 rings (SSSR count). The molecule has 0 bridgehead atoms. The van der Waals surface area contributed by atoms with Crippen LogP contribution < -0.4 is 10.2 Å². The van der Waals surface area contributed by atoms with Gasteiger partial charge in [0.1, 0.15) is 13.2 Å². The molecule has 0 aromatic carbocycles. The molecule has 0 radical (unpaired) electrons. The summed E-state index contributed by atoms with van der Waals surface area (Å²) < 4.78 is 23.5. The van der Waals surface area contributed by atoms with E-state index in [0.29, 0.717) is 17.4 Å². The van der Waals surface area contributed by atoms with E-state index in [9.17, 15) is 19.4 Å². The van der Waals surface area contributed by atoms with Gasteiger partial charge in [-0.1, -0.05) is 371 Å². The molecule has 0 saturated heterocycles. The normalized spacial score (nSPS) is 13.7. The zero-order chi connectivity index (χ0) is 61.9. The van der Waals surface area contributed by atoms with Crippen molar-refractivity contribution in [2.24, 2.45) is 0 Å². The Bertz CT molecular complexity index is 1480. The first-order chi connectivity index (χ1) is 41.5. The number of amides is 1. The molecule has 0 aliphatic rings. The Kier molecular flexibility index (Phi) is 66.1. The molecule has 0 heterocycles. The molecule has 0 aliphatic carbocycles. The number of unbranched alkanes of at least 4 members (excludes halogenated alkanes) is 54. The maximum absolute atomic E-state index is 13.1. The lowest BCUT2D eigenvalue weighted by molar-refractivity contribution is -0.870. The van der Waals surface area contributed by atoms with E-state index >= 15 is 0 Å². The number of likely N-dealkylation sites (N-methyl/N-ethyl adjacent to an activating group) is 1. The van der Waals surface area contributed by atoms with Crippen LogP contribution in [-0.4, -0.2) is 68.5 Å². The van der Waals surface area contributed by atoms with Crippen LogP contribution in [0, 0.1) is 0 Å². The van der Waals surface area contributed by atoms with Crippen molar-refractivity contribution in [2.45, 2.75) is 405 Å². The van der Waals surface area contributed by atoms with Crippen LogP contribution in [0.3, 0.4) is 0 Å². The molecule has 0 fully saturated rings. The Labute approximate surface area is 531 Å². The van der Waals surface area contributed by atoms with Gasteiger partial charge in [0.2, 0.25) is 5.91 Å². The van der Waals surface area contributed by atoms with Crippen LogP contribution in [0.1, 0.15) is 393 Å². The lowest BCUT2D eigenvalue weighted by Crippen LogP contribution is -2.45. The first-order valence-electron chi connectivity index (χ1n) is 37.9. The highest BCUT2D eigenvalue weighted by Gasteiger charge is 2.23. The summed E-state index contributed by atoms with van der Waals surface area (Å²) in [6.45, 7) is 4.72. The van der Waals surface area contributed by atoms with Gasteiger partial charge in [-0.05, 0) is 51.4 Å². The lowest BCUT2D eigenvalue weighted by atomic mass is 10.0. The fourth-order valence-electron chi connectivity index (χ4n) is 11.7. The molecule has 85 heavy (non-hydrogen) atoms. The fourth-order valence-corrected chi connectivity index (χ4v) is 12.4. The van der Waals surface area contributed by atoms with E-state index in [1.165, 1.54) is 327 Å². The van der Waals surface area contributed by atoms with Gasteiger partial charge in [0, 0.05) is 6.42 Å². The summed E-state index contributed by atoms with van der Waals surface area (Å²) in [6, 6.07) is -0.887. The van der Waals surface area contributed by atoms with Gasteiger partial charge in [-0.3, -0.25) is 9.36 Å². The van der Waals surface area contributed by atoms with Gasteiger partial charge in [0.05, 0.1) is 39.9 Å². The van der Waals surface area contributed by atoms with Crippen LogP contribution in [0.25, 0.3) is 0 Å². The molecule has 504 valence electrons. The minimum Gasteiger partial charge on any atom is -0.756 e. The van der Waals surface area contributed by atoms with Gasteiger partial charge >= 0.3 is 0 Å². The molecule has 9 heteroatoms. The molecule has 0 spiro atoms. The molecule has 0 aromatic heterocycles. The summed E-state index contributed by atoms with van der Waals surface area (Å²) in [7, 11) is 1.28. The zero-order valence-electron chi connectivity index (χ0n) is 57.8. The summed E-state index contributed by atoms with van der Waals surface area (Å²) in [5, 5.41) is 14.0. The van der Waals surface area contributed by atoms with E-state index in [-0.39, 0.29) is 19.1 Å². The quantitative estimate of drug-likeness (QED) is 0.0272. The molecule has 3 atom stereocenters. The van der Waals surface area contributed by atoms with Crippen molar-refractivity contribution >= 4 is 13.7 Å². The number of nitrogens with one attached hydrogen (secondary N) is 1. The smallest absolute Gasteiger partial charge is 0.268 e. The number of phosphoric ester groups is 1. The molecule has 0 saturated carbocycles. The zero-order valence-corrected chi connectivity index (χ0v) is 58.7. The predicted molar refractivity (Wildman–Crippen MR) is 372 cm³/mol. The van der Waals surface area contributed by atoms with E-state index in [1.54, 1.807) is 6.08 Å². The van der Waals surface area contributed by atoms with E-state index in [2.05, 4.69) is 43.5 Å². The van der Waals surface area contributed by atoms with Gasteiger partial charge in [-0.15, -0.1) is 0 Å². The van der Waals surface area contributed by atoms with E-state index < -0.39 is 20.0 Å². The van der Waals surface area contributed by atoms with Gasteiger partial charge < -0.3 is 28.8 Å². The average molecular weight is 1220 g/mol. The van der Waals surface area contributed by atoms with Crippen LogP contribution in [-0.2, 0) is 18.4 Å². The van der Waals surface area contributed by atoms with Crippen LogP contribution in [0.5, 0.6) is 0 Å². The Balaban J connectivity index is 3.96. The number of aliphatic hydroxyl groups excluding tert-OH is 1. The first kappa shape index (κ1) is 83.7. The molecular formula is C76H149N2O6P. The van der Waals surface area contributed by atoms with Crippen molar-refractivity contribution in [1.29, 1.82) is 0 Å². The minimum atomic E-state index is -4.60. The fraction of sp³-hybridized carbons (Fsp3) is 0.908.